The molecule has 1 saturated heterocycles. The van der Waals surface area contributed by atoms with E-state index in [0.29, 0.717) is 0 Å². The van der Waals surface area contributed by atoms with Crippen LogP contribution in [0.1, 0.15) is 32.8 Å². The van der Waals surface area contributed by atoms with Gasteiger partial charge in [-0.05, 0) is 12.0 Å². The minimum atomic E-state index is -1.95. The van der Waals surface area contributed by atoms with Gasteiger partial charge in [-0.25, -0.2) is 9.59 Å². The van der Waals surface area contributed by atoms with Crippen LogP contribution < -0.4 is 10.6 Å². The summed E-state index contributed by atoms with van der Waals surface area (Å²) in [6.07, 6.45) is -5.80. The molecular weight excluding hydrogens is 703 g/mol. The van der Waals surface area contributed by atoms with Gasteiger partial charge in [-0.2, -0.15) is 0 Å². The summed E-state index contributed by atoms with van der Waals surface area (Å²) in [6.45, 7) is 5.91. The van der Waals surface area contributed by atoms with Crippen molar-refractivity contribution in [3.63, 3.8) is 0 Å². The first-order valence-corrected chi connectivity index (χ1v) is 15.7. The molecule has 0 unspecified atom stereocenters. The highest BCUT2D eigenvalue weighted by atomic mass is 35.6. The number of carbonyl (C=O) groups is 5. The fraction of sp³-hybridized carbons (Fsp3) is 0.567. The fourth-order valence-corrected chi connectivity index (χ4v) is 4.45. The molecule has 1 aromatic rings. The van der Waals surface area contributed by atoms with Crippen LogP contribution in [0.4, 0.5) is 9.59 Å². The largest absolute Gasteiger partial charge is 0.463 e. The van der Waals surface area contributed by atoms with Gasteiger partial charge in [-0.1, -0.05) is 77.8 Å². The monoisotopic (exact) mass is 740 g/mol. The molecule has 1 fully saturated rings. The van der Waals surface area contributed by atoms with Crippen molar-refractivity contribution in [2.45, 2.75) is 74.3 Å². The summed E-state index contributed by atoms with van der Waals surface area (Å²) in [5.74, 6) is -2.29. The average Bonchev–Trinajstić information content (AvgIpc) is 3.00. The summed E-state index contributed by atoms with van der Waals surface area (Å²) >= 11 is 17.1. The molecule has 0 spiro atoms. The van der Waals surface area contributed by atoms with E-state index in [9.17, 15) is 24.0 Å². The van der Waals surface area contributed by atoms with Gasteiger partial charge in [0.15, 0.2) is 18.5 Å². The summed E-state index contributed by atoms with van der Waals surface area (Å²) in [5, 5.41) is 5.13. The second kappa shape index (κ2) is 20.9. The van der Waals surface area contributed by atoms with E-state index in [4.69, 9.17) is 72.7 Å². The maximum Gasteiger partial charge on any atom is 0.407 e. The van der Waals surface area contributed by atoms with E-state index in [2.05, 4.69) is 17.2 Å². The van der Waals surface area contributed by atoms with E-state index in [1.54, 1.807) is 0 Å². The van der Waals surface area contributed by atoms with Crippen LogP contribution in [0.25, 0.3) is 0 Å². The molecule has 2 rings (SSSR count). The Morgan fingerprint density at radius 2 is 1.60 bits per heavy atom. The molecule has 0 bridgehead atoms. The van der Waals surface area contributed by atoms with Crippen LogP contribution in [-0.4, -0.2) is 104 Å². The zero-order chi connectivity index (χ0) is 35.7. The Morgan fingerprint density at radius 1 is 0.938 bits per heavy atom. The molecule has 1 aliphatic heterocycles. The number of alkyl carbamates (subject to hydrolysis) is 2. The molecule has 18 heteroatoms. The van der Waals surface area contributed by atoms with Crippen LogP contribution in [0, 0.1) is 0 Å². The number of amides is 2. The lowest BCUT2D eigenvalue weighted by atomic mass is 9.96. The van der Waals surface area contributed by atoms with Crippen LogP contribution >= 0.6 is 34.8 Å². The summed E-state index contributed by atoms with van der Waals surface area (Å²) in [5.41, 5.74) is 0.908. The highest BCUT2D eigenvalue weighted by molar-refractivity contribution is 6.67. The van der Waals surface area contributed by atoms with Crippen molar-refractivity contribution in [1.82, 2.24) is 10.6 Å². The van der Waals surface area contributed by atoms with Gasteiger partial charge in [0, 0.05) is 20.8 Å². The van der Waals surface area contributed by atoms with Gasteiger partial charge in [0.25, 0.3) is 0 Å². The third-order valence-corrected chi connectivity index (χ3v) is 6.51. The molecule has 268 valence electrons. The number of nitrogens with one attached hydrogen (secondary N) is 2. The Kier molecular flexibility index (Phi) is 17.8. The molecule has 2 amide bonds. The molecule has 0 aliphatic carbocycles. The quantitative estimate of drug-likeness (QED) is 0.103. The molecular formula is C30H39Cl3N2O13. The molecule has 2 N–H and O–H groups in total. The number of rotatable bonds is 17. The van der Waals surface area contributed by atoms with Gasteiger partial charge in [-0.15, -0.1) is 0 Å². The minimum Gasteiger partial charge on any atom is -0.463 e. The van der Waals surface area contributed by atoms with Crippen molar-refractivity contribution < 1.29 is 61.9 Å². The zero-order valence-corrected chi connectivity index (χ0v) is 28.8. The summed E-state index contributed by atoms with van der Waals surface area (Å²) < 4.78 is 41.8. The van der Waals surface area contributed by atoms with Crippen molar-refractivity contribution in [1.29, 1.82) is 0 Å². The Bertz CT molecular complexity index is 1220. The Balaban J connectivity index is 2.30. The standard InChI is InChI=1S/C30H39Cl3N2O13/c1-5-12-43-28(39)34-22(15-41-14-21-9-7-6-8-10-21)11-13-42-27-24(35-29(40)45-17-30(31,32)33)26(47-20(4)38)25(46-19(3)37)23(48-27)16-44-18(2)36/h5-10,22-27H,1,11-17H2,2-4H3,(H,34,39)(H,35,40)/t22-,23+,24-,25+,26+,27-/m0/s1. The number of hydrogen-bond donors (Lipinski definition) is 2. The second-order valence-corrected chi connectivity index (χ2v) is 12.8. The van der Waals surface area contributed by atoms with Crippen LogP contribution in [0.3, 0.4) is 0 Å². The van der Waals surface area contributed by atoms with Crippen molar-refractivity contribution in [3.8, 4) is 0 Å². The predicted octanol–water partition coefficient (Wildman–Crippen LogP) is 3.51. The van der Waals surface area contributed by atoms with Crippen LogP contribution in [0.15, 0.2) is 43.0 Å². The second-order valence-electron chi connectivity index (χ2n) is 10.2. The number of hydrogen-bond acceptors (Lipinski definition) is 13. The fourth-order valence-electron chi connectivity index (χ4n) is 4.28. The number of halogens is 3. The van der Waals surface area contributed by atoms with E-state index in [1.807, 2.05) is 30.3 Å². The van der Waals surface area contributed by atoms with Gasteiger partial charge in [0.05, 0.1) is 25.9 Å². The first kappa shape index (κ1) is 40.8. The lowest BCUT2D eigenvalue weighted by Gasteiger charge is -2.44. The van der Waals surface area contributed by atoms with Gasteiger partial charge in [-0.3, -0.25) is 14.4 Å². The molecule has 1 aliphatic rings. The highest BCUT2D eigenvalue weighted by Gasteiger charge is 2.52. The molecule has 0 aromatic heterocycles. The predicted molar refractivity (Wildman–Crippen MR) is 170 cm³/mol. The van der Waals surface area contributed by atoms with Crippen molar-refractivity contribution >= 4 is 64.9 Å². The molecule has 1 aromatic carbocycles. The lowest BCUT2D eigenvalue weighted by Crippen LogP contribution is -2.67. The lowest BCUT2D eigenvalue weighted by molar-refractivity contribution is -0.277. The third kappa shape index (κ3) is 16.2. The average molecular weight is 742 g/mol. The first-order valence-electron chi connectivity index (χ1n) is 14.6. The molecule has 1 heterocycles. The zero-order valence-electron chi connectivity index (χ0n) is 26.5. The summed E-state index contributed by atoms with van der Waals surface area (Å²) in [4.78, 5) is 61.0. The number of carbonyl (C=O) groups excluding carboxylic acids is 5. The van der Waals surface area contributed by atoms with E-state index in [0.717, 1.165) is 26.3 Å². The number of ether oxygens (including phenoxy) is 8. The molecule has 15 nitrogen and oxygen atoms in total. The van der Waals surface area contributed by atoms with Gasteiger partial charge in [0.2, 0.25) is 3.79 Å². The van der Waals surface area contributed by atoms with Crippen LogP contribution in [0.2, 0.25) is 0 Å². The van der Waals surface area contributed by atoms with Crippen molar-refractivity contribution in [2.75, 3.05) is 33.0 Å². The molecule has 48 heavy (non-hydrogen) atoms. The van der Waals surface area contributed by atoms with E-state index in [-0.39, 0.29) is 32.8 Å². The smallest absolute Gasteiger partial charge is 0.407 e. The Labute approximate surface area is 292 Å². The normalized spacial score (nSPS) is 21.2. The number of alkyl halides is 3. The number of benzene rings is 1. The van der Waals surface area contributed by atoms with Gasteiger partial charge in [0.1, 0.15) is 32.0 Å². The van der Waals surface area contributed by atoms with E-state index >= 15 is 0 Å². The van der Waals surface area contributed by atoms with Crippen molar-refractivity contribution in [3.05, 3.63) is 48.6 Å². The summed E-state index contributed by atoms with van der Waals surface area (Å²) in [6, 6.07) is 7.34. The SMILES string of the molecule is C=CCOC(=O)N[C@@H](CCO[C@H]1O[C@H](COC(C)=O)[C@@H](OC(C)=O)[C@H](OC(C)=O)[C@@H]1NC(=O)OCC(Cl)(Cl)Cl)COCc1ccccc1. The molecule has 0 saturated carbocycles. The first-order chi connectivity index (χ1) is 22.7. The van der Waals surface area contributed by atoms with Gasteiger partial charge >= 0.3 is 30.1 Å². The van der Waals surface area contributed by atoms with E-state index < -0.39 is 83.8 Å². The summed E-state index contributed by atoms with van der Waals surface area (Å²) in [7, 11) is 0. The van der Waals surface area contributed by atoms with Crippen LogP contribution in [0.5, 0.6) is 0 Å². The van der Waals surface area contributed by atoms with Crippen molar-refractivity contribution in [2.24, 2.45) is 0 Å². The third-order valence-electron chi connectivity index (χ3n) is 6.19. The maximum absolute atomic E-state index is 12.8. The van der Waals surface area contributed by atoms with Crippen LogP contribution in [-0.2, 0) is 58.9 Å². The highest BCUT2D eigenvalue weighted by Crippen LogP contribution is 2.29. The Morgan fingerprint density at radius 3 is 2.21 bits per heavy atom. The van der Waals surface area contributed by atoms with E-state index in [1.165, 1.54) is 6.08 Å². The molecule has 6 atom stereocenters. The topological polar surface area (TPSA) is 183 Å². The maximum atomic E-state index is 12.8. The minimum absolute atomic E-state index is 0.0255. The molecule has 0 radical (unpaired) electrons. The van der Waals surface area contributed by atoms with Gasteiger partial charge < -0.3 is 48.5 Å². The number of esters is 3. The Hall–Kier alpha value is -3.34.